The minimum Gasteiger partial charge on any atom is -0.495 e. The molecule has 0 unspecified atom stereocenters. The molecule has 0 heterocycles. The molecule has 1 aliphatic rings. The molecule has 20 heavy (non-hydrogen) atoms. The van der Waals surface area contributed by atoms with Gasteiger partial charge in [-0.25, -0.2) is 0 Å². The SMILES string of the molecule is COc1c(Br)cc(Br)cc1CNCC1(C)CCCCC1. The lowest BCUT2D eigenvalue weighted by Gasteiger charge is -2.33. The van der Waals surface area contributed by atoms with Crippen molar-refractivity contribution in [1.82, 2.24) is 5.32 Å². The molecule has 1 aliphatic carbocycles. The Kier molecular flexibility index (Phi) is 5.94. The topological polar surface area (TPSA) is 21.3 Å². The summed E-state index contributed by atoms with van der Waals surface area (Å²) in [7, 11) is 1.72. The maximum atomic E-state index is 5.49. The predicted octanol–water partition coefficient (Wildman–Crippen LogP) is 5.28. The molecule has 1 aromatic carbocycles. The normalized spacial score (nSPS) is 18.0. The molecular formula is C16H23Br2NO. The van der Waals surface area contributed by atoms with E-state index in [9.17, 15) is 0 Å². The number of nitrogens with one attached hydrogen (secondary N) is 1. The van der Waals surface area contributed by atoms with Gasteiger partial charge in [0.2, 0.25) is 0 Å². The van der Waals surface area contributed by atoms with Crippen LogP contribution in [0.25, 0.3) is 0 Å². The fraction of sp³-hybridized carbons (Fsp3) is 0.625. The second kappa shape index (κ2) is 7.28. The van der Waals surface area contributed by atoms with Crippen LogP contribution in [0.4, 0.5) is 0 Å². The first-order valence-electron chi connectivity index (χ1n) is 7.27. The second-order valence-electron chi connectivity index (χ2n) is 6.05. The zero-order valence-corrected chi connectivity index (χ0v) is 15.4. The highest BCUT2D eigenvalue weighted by atomic mass is 79.9. The van der Waals surface area contributed by atoms with E-state index in [1.54, 1.807) is 7.11 Å². The van der Waals surface area contributed by atoms with Crippen molar-refractivity contribution >= 4 is 31.9 Å². The van der Waals surface area contributed by atoms with Crippen LogP contribution in [-0.2, 0) is 6.54 Å². The first kappa shape index (κ1) is 16.3. The maximum Gasteiger partial charge on any atom is 0.137 e. The molecule has 0 aromatic heterocycles. The average molecular weight is 405 g/mol. The zero-order chi connectivity index (χ0) is 14.6. The predicted molar refractivity (Wildman–Crippen MR) is 91.3 cm³/mol. The number of benzene rings is 1. The van der Waals surface area contributed by atoms with Crippen molar-refractivity contribution in [1.29, 1.82) is 0 Å². The summed E-state index contributed by atoms with van der Waals surface area (Å²) in [5.74, 6) is 0.925. The number of hydrogen-bond acceptors (Lipinski definition) is 2. The van der Waals surface area contributed by atoms with Gasteiger partial charge in [-0.2, -0.15) is 0 Å². The highest BCUT2D eigenvalue weighted by molar-refractivity contribution is 9.11. The maximum absolute atomic E-state index is 5.49. The number of ether oxygens (including phenoxy) is 1. The average Bonchev–Trinajstić information content (AvgIpc) is 2.39. The largest absolute Gasteiger partial charge is 0.495 e. The van der Waals surface area contributed by atoms with Gasteiger partial charge in [0, 0.05) is 23.1 Å². The summed E-state index contributed by atoms with van der Waals surface area (Å²) < 4.78 is 7.56. The molecule has 4 heteroatoms. The summed E-state index contributed by atoms with van der Waals surface area (Å²) >= 11 is 7.10. The molecule has 0 spiro atoms. The Balaban J connectivity index is 1.97. The first-order valence-corrected chi connectivity index (χ1v) is 8.85. The fourth-order valence-electron chi connectivity index (χ4n) is 3.05. The molecule has 2 nitrogen and oxygen atoms in total. The smallest absolute Gasteiger partial charge is 0.137 e. The Morgan fingerprint density at radius 2 is 1.90 bits per heavy atom. The van der Waals surface area contributed by atoms with Crippen LogP contribution in [0.5, 0.6) is 5.75 Å². The molecule has 0 saturated heterocycles. The lowest BCUT2D eigenvalue weighted by molar-refractivity contribution is 0.207. The van der Waals surface area contributed by atoms with Crippen molar-refractivity contribution < 1.29 is 4.74 Å². The van der Waals surface area contributed by atoms with Crippen molar-refractivity contribution in [3.8, 4) is 5.75 Å². The van der Waals surface area contributed by atoms with Crippen LogP contribution in [0.1, 0.15) is 44.6 Å². The van der Waals surface area contributed by atoms with E-state index in [-0.39, 0.29) is 0 Å². The highest BCUT2D eigenvalue weighted by Crippen LogP contribution is 2.36. The summed E-state index contributed by atoms with van der Waals surface area (Å²) in [5.41, 5.74) is 1.66. The number of methoxy groups -OCH3 is 1. The monoisotopic (exact) mass is 403 g/mol. The summed E-state index contributed by atoms with van der Waals surface area (Å²) in [6, 6.07) is 4.14. The van der Waals surface area contributed by atoms with Crippen LogP contribution >= 0.6 is 31.9 Å². The highest BCUT2D eigenvalue weighted by Gasteiger charge is 2.26. The Morgan fingerprint density at radius 3 is 2.55 bits per heavy atom. The Hall–Kier alpha value is -0.0600. The van der Waals surface area contributed by atoms with Crippen molar-refractivity contribution in [3.63, 3.8) is 0 Å². The van der Waals surface area contributed by atoms with E-state index in [2.05, 4.69) is 50.2 Å². The summed E-state index contributed by atoms with van der Waals surface area (Å²) in [6.07, 6.45) is 6.86. The van der Waals surface area contributed by atoms with Gasteiger partial charge >= 0.3 is 0 Å². The van der Waals surface area contributed by atoms with Crippen LogP contribution in [0, 0.1) is 5.41 Å². The molecule has 1 saturated carbocycles. The van der Waals surface area contributed by atoms with E-state index < -0.39 is 0 Å². The molecule has 0 amide bonds. The molecule has 1 aromatic rings. The third-order valence-electron chi connectivity index (χ3n) is 4.22. The van der Waals surface area contributed by atoms with E-state index >= 15 is 0 Å². The standard InChI is InChI=1S/C16H23Br2NO/c1-16(6-4-3-5-7-16)11-19-10-12-8-13(17)9-14(18)15(12)20-2/h8-9,19H,3-7,10-11H2,1-2H3. The molecule has 0 bridgehead atoms. The Morgan fingerprint density at radius 1 is 1.20 bits per heavy atom. The van der Waals surface area contributed by atoms with Crippen molar-refractivity contribution in [2.45, 2.75) is 45.6 Å². The number of rotatable bonds is 5. The van der Waals surface area contributed by atoms with Gasteiger partial charge in [-0.1, -0.05) is 42.1 Å². The molecule has 1 fully saturated rings. The van der Waals surface area contributed by atoms with Crippen LogP contribution in [0.2, 0.25) is 0 Å². The van der Waals surface area contributed by atoms with Gasteiger partial charge in [-0.05, 0) is 46.3 Å². The van der Waals surface area contributed by atoms with Gasteiger partial charge < -0.3 is 10.1 Å². The van der Waals surface area contributed by atoms with E-state index in [1.165, 1.54) is 37.7 Å². The van der Waals surface area contributed by atoms with Gasteiger partial charge in [0.05, 0.1) is 11.6 Å². The van der Waals surface area contributed by atoms with Gasteiger partial charge in [0.25, 0.3) is 0 Å². The van der Waals surface area contributed by atoms with Gasteiger partial charge in [-0.15, -0.1) is 0 Å². The molecule has 112 valence electrons. The zero-order valence-electron chi connectivity index (χ0n) is 12.3. The summed E-state index contributed by atoms with van der Waals surface area (Å²) in [5, 5.41) is 3.62. The molecule has 1 N–H and O–H groups in total. The minimum absolute atomic E-state index is 0.467. The molecule has 2 rings (SSSR count). The van der Waals surface area contributed by atoms with Crippen molar-refractivity contribution in [3.05, 3.63) is 26.6 Å². The van der Waals surface area contributed by atoms with Gasteiger partial charge in [0.1, 0.15) is 5.75 Å². The molecule has 0 aliphatic heterocycles. The fourth-order valence-corrected chi connectivity index (χ4v) is 4.53. The second-order valence-corrected chi connectivity index (χ2v) is 7.82. The van der Waals surface area contributed by atoms with E-state index in [4.69, 9.17) is 4.74 Å². The number of halogens is 2. The first-order chi connectivity index (χ1) is 9.54. The molecular weight excluding hydrogens is 382 g/mol. The van der Waals surface area contributed by atoms with E-state index in [0.717, 1.165) is 27.8 Å². The lowest BCUT2D eigenvalue weighted by atomic mass is 9.76. The third-order valence-corrected chi connectivity index (χ3v) is 5.26. The van der Waals surface area contributed by atoms with Gasteiger partial charge in [-0.3, -0.25) is 0 Å². The van der Waals surface area contributed by atoms with Gasteiger partial charge in [0.15, 0.2) is 0 Å². The van der Waals surface area contributed by atoms with E-state index in [0.29, 0.717) is 5.41 Å². The van der Waals surface area contributed by atoms with Crippen molar-refractivity contribution in [2.75, 3.05) is 13.7 Å². The van der Waals surface area contributed by atoms with Crippen LogP contribution in [-0.4, -0.2) is 13.7 Å². The quantitative estimate of drug-likeness (QED) is 0.720. The van der Waals surface area contributed by atoms with Crippen LogP contribution in [0.15, 0.2) is 21.1 Å². The Labute approximate surface area is 138 Å². The molecule has 0 radical (unpaired) electrons. The number of hydrogen-bond donors (Lipinski definition) is 1. The van der Waals surface area contributed by atoms with E-state index in [1.807, 2.05) is 6.07 Å². The molecule has 0 atom stereocenters. The summed E-state index contributed by atoms with van der Waals surface area (Å²) in [6.45, 7) is 4.34. The Bertz CT molecular complexity index is 456. The lowest BCUT2D eigenvalue weighted by Crippen LogP contribution is -2.33. The third kappa shape index (κ3) is 4.22. The van der Waals surface area contributed by atoms with Crippen molar-refractivity contribution in [2.24, 2.45) is 5.41 Å². The van der Waals surface area contributed by atoms with Crippen LogP contribution < -0.4 is 10.1 Å². The van der Waals surface area contributed by atoms with Crippen LogP contribution in [0.3, 0.4) is 0 Å². The summed E-state index contributed by atoms with van der Waals surface area (Å²) in [4.78, 5) is 0. The minimum atomic E-state index is 0.467.